The first-order chi connectivity index (χ1) is 9.08. The Morgan fingerprint density at radius 2 is 2.05 bits per heavy atom. The van der Waals surface area contributed by atoms with Crippen LogP contribution in [0.5, 0.6) is 0 Å². The van der Waals surface area contributed by atoms with Crippen molar-refractivity contribution in [2.24, 2.45) is 5.92 Å². The van der Waals surface area contributed by atoms with E-state index in [2.05, 4.69) is 31.4 Å². The number of carbonyl (C=O) groups is 1. The number of anilines is 1. The normalized spacial score (nSPS) is 12.0. The number of hydrogen-bond acceptors (Lipinski definition) is 2. The van der Waals surface area contributed by atoms with E-state index in [1.165, 1.54) is 0 Å². The van der Waals surface area contributed by atoms with E-state index in [1.54, 1.807) is 0 Å². The van der Waals surface area contributed by atoms with Gasteiger partial charge in [-0.15, -0.1) is 0 Å². The van der Waals surface area contributed by atoms with Gasteiger partial charge in [-0.25, -0.2) is 0 Å². The highest BCUT2D eigenvalue weighted by atomic mass is 16.1. The van der Waals surface area contributed by atoms with E-state index in [0.29, 0.717) is 5.92 Å². The Kier molecular flexibility index (Phi) is 6.40. The smallest absolute Gasteiger partial charge is 0.251 e. The summed E-state index contributed by atoms with van der Waals surface area (Å²) in [5.74, 6) is 0.543. The molecule has 1 aromatic rings. The maximum Gasteiger partial charge on any atom is 0.251 e. The summed E-state index contributed by atoms with van der Waals surface area (Å²) in [7, 11) is 0. The van der Waals surface area contributed by atoms with E-state index < -0.39 is 0 Å². The molecule has 19 heavy (non-hydrogen) atoms. The first-order valence-electron chi connectivity index (χ1n) is 7.21. The number of nitrogens with one attached hydrogen (secondary N) is 2. The molecule has 0 bridgehead atoms. The van der Waals surface area contributed by atoms with Crippen LogP contribution in [0.1, 0.15) is 49.5 Å². The molecule has 3 nitrogen and oxygen atoms in total. The number of rotatable bonds is 7. The maximum absolute atomic E-state index is 12.0. The highest BCUT2D eigenvalue weighted by Crippen LogP contribution is 2.16. The molecule has 0 heterocycles. The fourth-order valence-electron chi connectivity index (χ4n) is 1.78. The van der Waals surface area contributed by atoms with Crippen LogP contribution in [0.4, 0.5) is 5.69 Å². The van der Waals surface area contributed by atoms with Crippen molar-refractivity contribution in [3.63, 3.8) is 0 Å². The Hall–Kier alpha value is -1.51. The molecule has 0 radical (unpaired) electrons. The molecule has 2 N–H and O–H groups in total. The third-order valence-corrected chi connectivity index (χ3v) is 3.36. The number of aryl methyl sites for hydroxylation is 1. The van der Waals surface area contributed by atoms with Gasteiger partial charge in [0.2, 0.25) is 0 Å². The van der Waals surface area contributed by atoms with Crippen molar-refractivity contribution in [1.82, 2.24) is 5.32 Å². The number of amides is 1. The summed E-state index contributed by atoms with van der Waals surface area (Å²) in [4.78, 5) is 12.0. The van der Waals surface area contributed by atoms with Gasteiger partial charge in [-0.3, -0.25) is 4.79 Å². The van der Waals surface area contributed by atoms with Gasteiger partial charge >= 0.3 is 0 Å². The van der Waals surface area contributed by atoms with E-state index >= 15 is 0 Å². The summed E-state index contributed by atoms with van der Waals surface area (Å²) in [5.41, 5.74) is 2.97. The second kappa shape index (κ2) is 7.82. The molecule has 1 atom stereocenters. The molecule has 0 saturated carbocycles. The van der Waals surface area contributed by atoms with E-state index in [0.717, 1.165) is 42.7 Å². The highest BCUT2D eigenvalue weighted by Gasteiger charge is 2.08. The van der Waals surface area contributed by atoms with Gasteiger partial charge in [-0.05, 0) is 43.0 Å². The van der Waals surface area contributed by atoms with E-state index in [-0.39, 0.29) is 5.91 Å². The van der Waals surface area contributed by atoms with Crippen molar-refractivity contribution in [2.45, 2.75) is 40.5 Å². The van der Waals surface area contributed by atoms with Crippen molar-refractivity contribution in [3.05, 3.63) is 29.3 Å². The molecule has 3 heteroatoms. The molecule has 1 unspecified atom stereocenters. The van der Waals surface area contributed by atoms with Crippen LogP contribution in [-0.4, -0.2) is 19.0 Å². The molecule has 0 fully saturated rings. The van der Waals surface area contributed by atoms with Crippen LogP contribution in [0.15, 0.2) is 18.2 Å². The predicted molar refractivity (Wildman–Crippen MR) is 81.7 cm³/mol. The zero-order chi connectivity index (χ0) is 14.3. The molecular weight excluding hydrogens is 236 g/mol. The van der Waals surface area contributed by atoms with Crippen molar-refractivity contribution in [3.8, 4) is 0 Å². The summed E-state index contributed by atoms with van der Waals surface area (Å²) < 4.78 is 0. The molecule has 1 rings (SSSR count). The first-order valence-corrected chi connectivity index (χ1v) is 7.21. The van der Waals surface area contributed by atoms with Gasteiger partial charge in [0.1, 0.15) is 0 Å². The standard InChI is InChI=1S/C16H26N2O/c1-5-9-17-15-8-7-14(10-13(15)4)16(19)18-11-12(3)6-2/h7-8,10,12,17H,5-6,9,11H2,1-4H3,(H,18,19). The van der Waals surface area contributed by atoms with Gasteiger partial charge in [0.25, 0.3) is 5.91 Å². The SMILES string of the molecule is CCCNc1ccc(C(=O)NCC(C)CC)cc1C. The van der Waals surface area contributed by atoms with Gasteiger partial charge in [0.05, 0.1) is 0 Å². The fraction of sp³-hybridized carbons (Fsp3) is 0.562. The molecule has 0 aliphatic carbocycles. The highest BCUT2D eigenvalue weighted by molar-refractivity contribution is 5.94. The quantitative estimate of drug-likeness (QED) is 0.788. The van der Waals surface area contributed by atoms with E-state index in [1.807, 2.05) is 25.1 Å². The van der Waals surface area contributed by atoms with Gasteiger partial charge < -0.3 is 10.6 Å². The lowest BCUT2D eigenvalue weighted by Gasteiger charge is -2.12. The van der Waals surface area contributed by atoms with Gasteiger partial charge in [0.15, 0.2) is 0 Å². The Bertz CT molecular complexity index is 415. The molecule has 1 aromatic carbocycles. The fourth-order valence-corrected chi connectivity index (χ4v) is 1.78. The van der Waals surface area contributed by atoms with Gasteiger partial charge in [0, 0.05) is 24.3 Å². The van der Waals surface area contributed by atoms with E-state index in [4.69, 9.17) is 0 Å². The Balaban J connectivity index is 2.63. The Morgan fingerprint density at radius 1 is 1.32 bits per heavy atom. The van der Waals surface area contributed by atoms with Crippen LogP contribution in [0.25, 0.3) is 0 Å². The first kappa shape index (κ1) is 15.5. The summed E-state index contributed by atoms with van der Waals surface area (Å²) in [6.45, 7) is 10.1. The minimum atomic E-state index is 0.0189. The molecular formula is C16H26N2O. The lowest BCUT2D eigenvalue weighted by Crippen LogP contribution is -2.28. The predicted octanol–water partition coefficient (Wildman–Crippen LogP) is 3.59. The molecule has 0 aromatic heterocycles. The molecule has 106 valence electrons. The number of benzene rings is 1. The zero-order valence-corrected chi connectivity index (χ0v) is 12.5. The average molecular weight is 262 g/mol. The maximum atomic E-state index is 12.0. The average Bonchev–Trinajstić information content (AvgIpc) is 2.42. The molecule has 1 amide bonds. The molecule has 0 spiro atoms. The van der Waals surface area contributed by atoms with Crippen LogP contribution < -0.4 is 10.6 Å². The monoisotopic (exact) mass is 262 g/mol. The van der Waals surface area contributed by atoms with Gasteiger partial charge in [-0.2, -0.15) is 0 Å². The van der Waals surface area contributed by atoms with Crippen LogP contribution in [0.2, 0.25) is 0 Å². The largest absolute Gasteiger partial charge is 0.385 e. The summed E-state index contributed by atoms with van der Waals surface area (Å²) in [6, 6.07) is 5.82. The van der Waals surface area contributed by atoms with Crippen LogP contribution in [-0.2, 0) is 0 Å². The third kappa shape index (κ3) is 4.93. The number of hydrogen-bond donors (Lipinski definition) is 2. The van der Waals surface area contributed by atoms with Crippen molar-refractivity contribution in [1.29, 1.82) is 0 Å². The lowest BCUT2D eigenvalue weighted by atomic mass is 10.1. The Morgan fingerprint density at radius 3 is 2.63 bits per heavy atom. The second-order valence-electron chi connectivity index (χ2n) is 5.18. The lowest BCUT2D eigenvalue weighted by molar-refractivity contribution is 0.0948. The summed E-state index contributed by atoms with van der Waals surface area (Å²) in [6.07, 6.45) is 2.18. The molecule has 0 aliphatic heterocycles. The van der Waals surface area contributed by atoms with Crippen LogP contribution in [0.3, 0.4) is 0 Å². The van der Waals surface area contributed by atoms with Crippen molar-refractivity contribution in [2.75, 3.05) is 18.4 Å². The van der Waals surface area contributed by atoms with Crippen molar-refractivity contribution < 1.29 is 4.79 Å². The van der Waals surface area contributed by atoms with Gasteiger partial charge in [-0.1, -0.05) is 27.2 Å². The summed E-state index contributed by atoms with van der Waals surface area (Å²) in [5, 5.41) is 6.34. The Labute approximate surface area is 116 Å². The zero-order valence-electron chi connectivity index (χ0n) is 12.5. The van der Waals surface area contributed by atoms with Crippen LogP contribution in [0, 0.1) is 12.8 Å². The number of carbonyl (C=O) groups excluding carboxylic acids is 1. The minimum Gasteiger partial charge on any atom is -0.385 e. The molecule has 0 saturated heterocycles. The van der Waals surface area contributed by atoms with Crippen molar-refractivity contribution >= 4 is 11.6 Å². The second-order valence-corrected chi connectivity index (χ2v) is 5.18. The van der Waals surface area contributed by atoms with E-state index in [9.17, 15) is 4.79 Å². The topological polar surface area (TPSA) is 41.1 Å². The summed E-state index contributed by atoms with van der Waals surface area (Å²) >= 11 is 0. The third-order valence-electron chi connectivity index (χ3n) is 3.36. The minimum absolute atomic E-state index is 0.0189. The molecule has 0 aliphatic rings. The van der Waals surface area contributed by atoms with Crippen LogP contribution >= 0.6 is 0 Å².